The molecule has 0 aliphatic carbocycles. The first-order valence-corrected chi connectivity index (χ1v) is 11.9. The van der Waals surface area contributed by atoms with Gasteiger partial charge in [0.15, 0.2) is 0 Å². The monoisotopic (exact) mass is 324 g/mol. The number of hydrogen-bond donors (Lipinski definition) is 0. The summed E-state index contributed by atoms with van der Waals surface area (Å²) in [7, 11) is 0. The predicted octanol–water partition coefficient (Wildman–Crippen LogP) is 1.95. The van der Waals surface area contributed by atoms with Crippen LogP contribution in [-0.2, 0) is 15.3 Å². The SMILES string of the molecule is CCC[Se](=O)(=O)C[Se](=O)(=O)CCC. The summed E-state index contributed by atoms with van der Waals surface area (Å²) in [6.45, 7) is 3.48. The Balaban J connectivity index is 4.44. The van der Waals surface area contributed by atoms with Gasteiger partial charge in [-0.1, -0.05) is 0 Å². The van der Waals surface area contributed by atoms with Crippen LogP contribution in [0.1, 0.15) is 26.7 Å². The van der Waals surface area contributed by atoms with E-state index in [0.29, 0.717) is 12.8 Å². The third-order valence-corrected chi connectivity index (χ3v) is 15.0. The van der Waals surface area contributed by atoms with E-state index in [0.717, 1.165) is 0 Å². The summed E-state index contributed by atoms with van der Waals surface area (Å²) in [6.07, 6.45) is 1.01. The van der Waals surface area contributed by atoms with E-state index >= 15 is 0 Å². The van der Waals surface area contributed by atoms with Gasteiger partial charge >= 0.3 is 82.3 Å². The van der Waals surface area contributed by atoms with Gasteiger partial charge in [-0.25, -0.2) is 0 Å². The van der Waals surface area contributed by atoms with Crippen molar-refractivity contribution in [2.75, 3.05) is 0 Å². The van der Waals surface area contributed by atoms with Gasteiger partial charge in [0.1, 0.15) is 0 Å². The summed E-state index contributed by atoms with van der Waals surface area (Å²) in [4.78, 5) is 0. The second-order valence-corrected chi connectivity index (χ2v) is 14.0. The average Bonchev–Trinajstić information content (AvgIpc) is 1.82. The Bertz CT molecular complexity index is 292. The molecule has 0 aromatic carbocycles. The zero-order chi connectivity index (χ0) is 10.5. The molecule has 0 rings (SSSR count). The molecule has 0 N–H and O–H groups in total. The maximum absolute atomic E-state index is 11.2. The van der Waals surface area contributed by atoms with Gasteiger partial charge in [0.05, 0.1) is 0 Å². The Morgan fingerprint density at radius 1 is 0.769 bits per heavy atom. The minimum atomic E-state index is -4.11. The molecule has 0 saturated heterocycles. The van der Waals surface area contributed by atoms with Crippen LogP contribution in [0.15, 0.2) is 0 Å². The van der Waals surface area contributed by atoms with Crippen molar-refractivity contribution in [2.45, 2.75) is 41.5 Å². The molecule has 80 valence electrons. The van der Waals surface area contributed by atoms with Crippen LogP contribution in [0, 0.1) is 0 Å². The van der Waals surface area contributed by atoms with Gasteiger partial charge in [-0.05, 0) is 0 Å². The van der Waals surface area contributed by atoms with Crippen LogP contribution in [-0.4, -0.2) is 25.4 Å². The van der Waals surface area contributed by atoms with Crippen molar-refractivity contribution in [1.82, 2.24) is 0 Å². The third kappa shape index (κ3) is 6.33. The molecule has 0 spiro atoms. The molecule has 0 bridgehead atoms. The van der Waals surface area contributed by atoms with Gasteiger partial charge in [-0.2, -0.15) is 0 Å². The second kappa shape index (κ2) is 5.20. The normalized spacial score (nSPS) is 13.1. The molecule has 0 saturated carbocycles. The van der Waals surface area contributed by atoms with Crippen LogP contribution >= 0.6 is 0 Å². The molecule has 0 aliphatic rings. The molecule has 0 heterocycles. The zero-order valence-corrected chi connectivity index (χ0v) is 11.4. The molecular weight excluding hydrogens is 306 g/mol. The van der Waals surface area contributed by atoms with Gasteiger partial charge in [0, 0.05) is 0 Å². The molecule has 4 nitrogen and oxygen atoms in total. The van der Waals surface area contributed by atoms with Crippen LogP contribution in [0.3, 0.4) is 0 Å². The maximum atomic E-state index is 11.2. The average molecular weight is 322 g/mol. The Morgan fingerprint density at radius 3 is 1.31 bits per heavy atom. The Morgan fingerprint density at radius 2 is 1.08 bits per heavy atom. The summed E-state index contributed by atoms with van der Waals surface area (Å²) in [6, 6.07) is 0. The van der Waals surface area contributed by atoms with Crippen molar-refractivity contribution in [1.29, 1.82) is 0 Å². The van der Waals surface area contributed by atoms with Crippen molar-refractivity contribution in [3.8, 4) is 0 Å². The first-order valence-electron chi connectivity index (χ1n) is 4.24. The number of hydrogen-bond acceptors (Lipinski definition) is 4. The van der Waals surface area contributed by atoms with Gasteiger partial charge in [-0.3, -0.25) is 0 Å². The molecule has 0 aromatic rings. The number of rotatable bonds is 6. The minimum absolute atomic E-state index is 0.0455. The molecule has 0 aliphatic heterocycles. The summed E-state index contributed by atoms with van der Waals surface area (Å²) in [5.74, 6) is 0. The van der Waals surface area contributed by atoms with E-state index < -0.39 is 29.6 Å². The molecule has 0 amide bonds. The molecule has 0 radical (unpaired) electrons. The van der Waals surface area contributed by atoms with Crippen LogP contribution in [0.2, 0.25) is 14.9 Å². The molecule has 0 unspecified atom stereocenters. The van der Waals surface area contributed by atoms with Gasteiger partial charge in [0.25, 0.3) is 0 Å². The van der Waals surface area contributed by atoms with E-state index in [2.05, 4.69) is 0 Å². The Hall–Kier alpha value is 0.239. The molecular formula is C7H16O4Se2. The fourth-order valence-electron chi connectivity index (χ4n) is 1.01. The van der Waals surface area contributed by atoms with E-state index in [-0.39, 0.29) is 10.6 Å². The van der Waals surface area contributed by atoms with Gasteiger partial charge in [0.2, 0.25) is 0 Å². The van der Waals surface area contributed by atoms with E-state index in [4.69, 9.17) is 0 Å². The quantitative estimate of drug-likeness (QED) is 0.701. The standard InChI is InChI=1S/C7H16O4Se2/c1-3-5-12(8,9)7-13(10,11)6-4-2/h3-7H2,1-2H3. The van der Waals surface area contributed by atoms with E-state index in [1.54, 1.807) is 13.8 Å². The summed E-state index contributed by atoms with van der Waals surface area (Å²) >= 11 is -8.22. The summed E-state index contributed by atoms with van der Waals surface area (Å²) in [5, 5.41) is 0.0909. The van der Waals surface area contributed by atoms with Crippen LogP contribution in [0.25, 0.3) is 0 Å². The second-order valence-electron chi connectivity index (χ2n) is 3.01. The van der Waals surface area contributed by atoms with E-state index in [1.165, 1.54) is 0 Å². The van der Waals surface area contributed by atoms with Crippen molar-refractivity contribution < 1.29 is 15.3 Å². The molecule has 0 atom stereocenters. The van der Waals surface area contributed by atoms with Crippen molar-refractivity contribution in [2.24, 2.45) is 0 Å². The topological polar surface area (TPSA) is 68.3 Å². The molecule has 13 heavy (non-hydrogen) atoms. The third-order valence-electron chi connectivity index (χ3n) is 1.39. The first-order chi connectivity index (χ1) is 5.83. The van der Waals surface area contributed by atoms with Crippen LogP contribution in [0.4, 0.5) is 0 Å². The summed E-state index contributed by atoms with van der Waals surface area (Å²) < 4.78 is 44.4. The van der Waals surface area contributed by atoms with Gasteiger partial charge < -0.3 is 0 Å². The van der Waals surface area contributed by atoms with E-state index in [9.17, 15) is 15.3 Å². The fraction of sp³-hybridized carbons (Fsp3) is 1.00. The predicted molar refractivity (Wildman–Crippen MR) is 49.3 cm³/mol. The molecule has 0 aromatic heterocycles. The van der Waals surface area contributed by atoms with Crippen LogP contribution in [0.5, 0.6) is 0 Å². The molecule has 6 heteroatoms. The summed E-state index contributed by atoms with van der Waals surface area (Å²) in [5.41, 5.74) is 0. The fourth-order valence-corrected chi connectivity index (χ4v) is 13.8. The van der Waals surface area contributed by atoms with Crippen molar-refractivity contribution in [3.63, 3.8) is 0 Å². The first kappa shape index (κ1) is 13.2. The molecule has 0 fully saturated rings. The van der Waals surface area contributed by atoms with Crippen molar-refractivity contribution in [3.05, 3.63) is 0 Å². The zero-order valence-electron chi connectivity index (χ0n) is 7.99. The van der Waals surface area contributed by atoms with Crippen molar-refractivity contribution >= 4 is 25.4 Å². The Labute approximate surface area is 82.4 Å². The Kier molecular flexibility index (Phi) is 5.30. The van der Waals surface area contributed by atoms with Crippen LogP contribution < -0.4 is 0 Å². The van der Waals surface area contributed by atoms with E-state index in [1.807, 2.05) is 0 Å². The van der Waals surface area contributed by atoms with Gasteiger partial charge in [-0.15, -0.1) is 0 Å².